The van der Waals surface area contributed by atoms with Crippen LogP contribution in [0.4, 0.5) is 0 Å². The molecule has 3 unspecified atom stereocenters. The Morgan fingerprint density at radius 2 is 1.19 bits per heavy atom. The molecule has 57 heavy (non-hydrogen) atoms. The molecule has 0 spiro atoms. The van der Waals surface area contributed by atoms with Gasteiger partial charge in [-0.15, -0.1) is 0 Å². The summed E-state index contributed by atoms with van der Waals surface area (Å²) in [5.41, 5.74) is 0. The normalized spacial score (nSPS) is 17.6. The van der Waals surface area contributed by atoms with Crippen LogP contribution < -0.4 is 0 Å². The van der Waals surface area contributed by atoms with Gasteiger partial charge >= 0.3 is 19.8 Å². The van der Waals surface area contributed by atoms with Crippen molar-refractivity contribution < 1.29 is 46.8 Å². The van der Waals surface area contributed by atoms with Crippen LogP contribution in [0.5, 0.6) is 0 Å². The summed E-state index contributed by atoms with van der Waals surface area (Å²) < 4.78 is 40.1. The number of likely N-dealkylation sites (N-methyl/N-ethyl adjacent to an activating group) is 1. The summed E-state index contributed by atoms with van der Waals surface area (Å²) in [4.78, 5) is 35.4. The maximum atomic E-state index is 12.7. The van der Waals surface area contributed by atoms with Crippen LogP contribution in [0.1, 0.15) is 168 Å². The fourth-order valence-electron chi connectivity index (χ4n) is 6.09. The number of phosphoric ester groups is 1. The van der Waals surface area contributed by atoms with E-state index in [4.69, 9.17) is 23.3 Å². The molecule has 1 rings (SSSR count). The summed E-state index contributed by atoms with van der Waals surface area (Å²) in [7, 11) is 1.43. The van der Waals surface area contributed by atoms with Crippen molar-refractivity contribution in [2.75, 3.05) is 47.5 Å². The van der Waals surface area contributed by atoms with Gasteiger partial charge in [0.15, 0.2) is 6.10 Å². The minimum Gasteiger partial charge on any atom is -0.462 e. The van der Waals surface area contributed by atoms with Crippen molar-refractivity contribution in [2.45, 2.75) is 186 Å². The van der Waals surface area contributed by atoms with Gasteiger partial charge in [-0.25, -0.2) is 4.57 Å². The fourth-order valence-corrected chi connectivity index (χ4v) is 6.84. The number of allylic oxidation sites excluding steroid dienone is 7. The minimum absolute atomic E-state index is 0.0168. The maximum Gasteiger partial charge on any atom is 0.472 e. The second-order valence-electron chi connectivity index (χ2n) is 16.5. The van der Waals surface area contributed by atoms with Crippen molar-refractivity contribution in [1.82, 2.24) is 0 Å². The molecule has 0 aromatic carbocycles. The largest absolute Gasteiger partial charge is 0.472 e. The number of rotatable bonds is 39. The van der Waals surface area contributed by atoms with Crippen LogP contribution in [0.3, 0.4) is 0 Å². The molecule has 0 radical (unpaired) electrons. The third-order valence-corrected chi connectivity index (χ3v) is 10.7. The molecule has 1 N–H and O–H groups in total. The SMILES string of the molecule is CCCCC/C=C\CC1OC1CCCCCCCC(=O)O[C@H](COC(=O)CCC/C=C\C/C=C\C/C=C\CCCCCCCC)COP(=O)(O)OCC[N+](C)(C)C. The second kappa shape index (κ2) is 34.8. The van der Waals surface area contributed by atoms with E-state index in [0.717, 1.165) is 70.6 Å². The van der Waals surface area contributed by atoms with Crippen LogP contribution in [0.25, 0.3) is 0 Å². The van der Waals surface area contributed by atoms with Gasteiger partial charge in [0.1, 0.15) is 19.8 Å². The van der Waals surface area contributed by atoms with E-state index in [-0.39, 0.29) is 26.1 Å². The molecular weight excluding hydrogens is 741 g/mol. The second-order valence-corrected chi connectivity index (χ2v) is 17.9. The summed E-state index contributed by atoms with van der Waals surface area (Å²) in [5.74, 6) is -0.885. The van der Waals surface area contributed by atoms with Crippen LogP contribution in [0, 0.1) is 0 Å². The highest BCUT2D eigenvalue weighted by Gasteiger charge is 2.36. The minimum atomic E-state index is -4.40. The Morgan fingerprint density at radius 3 is 1.88 bits per heavy atom. The van der Waals surface area contributed by atoms with E-state index in [2.05, 4.69) is 62.5 Å². The van der Waals surface area contributed by atoms with E-state index < -0.39 is 32.5 Å². The van der Waals surface area contributed by atoms with Crippen molar-refractivity contribution in [2.24, 2.45) is 0 Å². The summed E-state index contributed by atoms with van der Waals surface area (Å²) in [5, 5.41) is 0. The summed E-state index contributed by atoms with van der Waals surface area (Å²) in [6.45, 7) is 4.29. The Morgan fingerprint density at radius 1 is 0.649 bits per heavy atom. The number of carbonyl (C=O) groups excluding carboxylic acids is 2. The number of nitrogens with zero attached hydrogens (tertiary/aromatic N) is 1. The molecule has 1 saturated heterocycles. The number of hydrogen-bond donors (Lipinski definition) is 1. The van der Waals surface area contributed by atoms with Crippen LogP contribution in [-0.4, -0.2) is 87.1 Å². The number of epoxide rings is 1. The number of unbranched alkanes of at least 4 members (excludes halogenated alkanes) is 14. The van der Waals surface area contributed by atoms with Crippen LogP contribution in [0.15, 0.2) is 48.6 Å². The topological polar surface area (TPSA) is 121 Å². The molecule has 0 aromatic rings. The average molecular weight is 825 g/mol. The third-order valence-electron chi connectivity index (χ3n) is 9.76. The van der Waals surface area contributed by atoms with E-state index >= 15 is 0 Å². The standard InChI is InChI=1S/C46H82NO9P/c1-6-8-10-12-14-15-16-17-18-19-20-21-22-23-24-28-32-36-45(48)52-40-42(41-54-57(50,51)53-39-38-47(3,4)5)55-46(49)37-33-29-25-27-31-35-44-43(56-44)34-30-26-13-11-9-7-2/h17-18,20-21,23-24,26,30,42-44H,6-16,19,22,25,27-29,31-41H2,1-5H3/p+1/b18-17-,21-20-,24-23-,30-26-/t42-,43?,44?/m1/s1. The number of carbonyl (C=O) groups is 2. The lowest BCUT2D eigenvalue weighted by atomic mass is 10.1. The monoisotopic (exact) mass is 825 g/mol. The van der Waals surface area contributed by atoms with Gasteiger partial charge in [-0.05, 0) is 70.6 Å². The first-order chi connectivity index (χ1) is 27.5. The van der Waals surface area contributed by atoms with Crippen LogP contribution >= 0.6 is 7.82 Å². The number of ether oxygens (including phenoxy) is 3. The Hall–Kier alpha value is -2.07. The number of esters is 2. The Kier molecular flexibility index (Phi) is 32.3. The highest BCUT2D eigenvalue weighted by molar-refractivity contribution is 7.47. The smallest absolute Gasteiger partial charge is 0.462 e. The van der Waals surface area contributed by atoms with E-state index in [1.165, 1.54) is 57.8 Å². The molecule has 0 bridgehead atoms. The lowest BCUT2D eigenvalue weighted by Gasteiger charge is -2.24. The van der Waals surface area contributed by atoms with E-state index in [9.17, 15) is 19.0 Å². The third kappa shape index (κ3) is 35.6. The summed E-state index contributed by atoms with van der Waals surface area (Å²) in [6, 6.07) is 0. The Bertz CT molecular complexity index is 1180. The molecule has 0 aromatic heterocycles. The number of phosphoric acid groups is 1. The lowest BCUT2D eigenvalue weighted by molar-refractivity contribution is -0.870. The van der Waals surface area contributed by atoms with Gasteiger partial charge in [0.2, 0.25) is 0 Å². The molecule has 1 aliphatic rings. The summed E-state index contributed by atoms with van der Waals surface area (Å²) >= 11 is 0. The molecule has 0 amide bonds. The van der Waals surface area contributed by atoms with Crippen LogP contribution in [-0.2, 0) is 37.4 Å². The highest BCUT2D eigenvalue weighted by Crippen LogP contribution is 2.43. The van der Waals surface area contributed by atoms with Crippen molar-refractivity contribution >= 4 is 19.8 Å². The molecule has 0 aliphatic carbocycles. The molecule has 11 heteroatoms. The predicted octanol–water partition coefficient (Wildman–Crippen LogP) is 11.7. The fraction of sp³-hybridized carbons (Fsp3) is 0.783. The Balaban J connectivity index is 2.33. The molecule has 1 aliphatic heterocycles. The molecular formula is C46H83NO9P+. The van der Waals surface area contributed by atoms with Gasteiger partial charge in [0, 0.05) is 12.8 Å². The Labute approximate surface area is 348 Å². The molecule has 0 saturated carbocycles. The highest BCUT2D eigenvalue weighted by atomic mass is 31.2. The van der Waals surface area contributed by atoms with Gasteiger partial charge < -0.3 is 23.6 Å². The van der Waals surface area contributed by atoms with Crippen LogP contribution in [0.2, 0.25) is 0 Å². The molecule has 1 heterocycles. The van der Waals surface area contributed by atoms with Crippen molar-refractivity contribution in [3.05, 3.63) is 48.6 Å². The first-order valence-electron chi connectivity index (χ1n) is 22.5. The van der Waals surface area contributed by atoms with Gasteiger partial charge in [-0.2, -0.15) is 0 Å². The van der Waals surface area contributed by atoms with E-state index in [0.29, 0.717) is 36.1 Å². The zero-order valence-corrected chi connectivity index (χ0v) is 37.7. The summed E-state index contributed by atoms with van der Waals surface area (Å²) in [6.07, 6.45) is 41.8. The first kappa shape index (κ1) is 52.9. The van der Waals surface area contributed by atoms with Crippen molar-refractivity contribution in [3.8, 4) is 0 Å². The first-order valence-corrected chi connectivity index (χ1v) is 24.0. The molecule has 330 valence electrons. The quantitative estimate of drug-likeness (QED) is 0.0161. The van der Waals surface area contributed by atoms with E-state index in [1.54, 1.807) is 0 Å². The zero-order valence-electron chi connectivity index (χ0n) is 36.8. The van der Waals surface area contributed by atoms with Gasteiger partial charge in [0.05, 0.1) is 40.0 Å². The van der Waals surface area contributed by atoms with Gasteiger partial charge in [0.25, 0.3) is 0 Å². The van der Waals surface area contributed by atoms with Crippen molar-refractivity contribution in [3.63, 3.8) is 0 Å². The van der Waals surface area contributed by atoms with Gasteiger partial charge in [-0.3, -0.25) is 18.6 Å². The maximum absolute atomic E-state index is 12.7. The van der Waals surface area contributed by atoms with Crippen molar-refractivity contribution in [1.29, 1.82) is 0 Å². The predicted molar refractivity (Wildman–Crippen MR) is 233 cm³/mol. The molecule has 4 atom stereocenters. The van der Waals surface area contributed by atoms with Gasteiger partial charge in [-0.1, -0.05) is 133 Å². The number of hydrogen-bond acceptors (Lipinski definition) is 8. The zero-order chi connectivity index (χ0) is 41.9. The molecule has 10 nitrogen and oxygen atoms in total. The average Bonchev–Trinajstić information content (AvgIpc) is 3.92. The lowest BCUT2D eigenvalue weighted by Crippen LogP contribution is -2.37. The van der Waals surface area contributed by atoms with E-state index in [1.807, 2.05) is 21.1 Å². The number of quaternary nitrogens is 1. The molecule has 1 fully saturated rings.